The highest BCUT2D eigenvalue weighted by atomic mass is 127. The number of alkyl halides is 4. The Labute approximate surface area is 333 Å². The minimum atomic E-state index is -4.45. The number of aromatic nitrogens is 1. The summed E-state index contributed by atoms with van der Waals surface area (Å²) in [5.74, 6) is 0.106. The van der Waals surface area contributed by atoms with E-state index < -0.39 is 17.6 Å². The van der Waals surface area contributed by atoms with Gasteiger partial charge >= 0.3 is 6.18 Å². The van der Waals surface area contributed by atoms with Crippen molar-refractivity contribution in [3.63, 3.8) is 0 Å². The molecule has 6 rings (SSSR count). The van der Waals surface area contributed by atoms with E-state index in [0.717, 1.165) is 105 Å². The van der Waals surface area contributed by atoms with Gasteiger partial charge in [-0.2, -0.15) is 13.2 Å². The zero-order chi connectivity index (χ0) is 39.0. The van der Waals surface area contributed by atoms with Crippen LogP contribution in [0.1, 0.15) is 40.7 Å². The molecule has 1 amide bonds. The van der Waals surface area contributed by atoms with Gasteiger partial charge in [-0.15, -0.1) is 20.7 Å². The van der Waals surface area contributed by atoms with Gasteiger partial charge in [0.25, 0.3) is 5.91 Å². The monoisotopic (exact) mass is 867 g/mol. The average Bonchev–Trinajstić information content (AvgIpc) is 3.88. The first-order valence-electron chi connectivity index (χ1n) is 19.1. The third-order valence-electron chi connectivity index (χ3n) is 10.6. The Morgan fingerprint density at radius 1 is 1.04 bits per heavy atom. The second-order valence-electron chi connectivity index (χ2n) is 14.8. The van der Waals surface area contributed by atoms with Crippen LogP contribution in [0.15, 0.2) is 97.4 Å². The molecule has 8 nitrogen and oxygen atoms in total. The van der Waals surface area contributed by atoms with E-state index in [2.05, 4.69) is 85.8 Å². The molecule has 3 aromatic rings. The lowest BCUT2D eigenvalue weighted by atomic mass is 10.0. The van der Waals surface area contributed by atoms with Crippen molar-refractivity contribution in [1.82, 2.24) is 25.0 Å². The Morgan fingerprint density at radius 2 is 1.82 bits per heavy atom. The van der Waals surface area contributed by atoms with Gasteiger partial charge in [-0.25, -0.2) is 0 Å². The fourth-order valence-electron chi connectivity index (χ4n) is 7.23. The number of pyridine rings is 1. The van der Waals surface area contributed by atoms with Crippen LogP contribution in [0, 0.1) is 11.8 Å². The fraction of sp³-hybridized carbons (Fsp3) is 0.419. The van der Waals surface area contributed by atoms with E-state index in [1.807, 2.05) is 6.08 Å². The van der Waals surface area contributed by atoms with Gasteiger partial charge in [0.05, 0.1) is 11.3 Å². The highest BCUT2D eigenvalue weighted by Crippen LogP contribution is 2.50. The third-order valence-corrected chi connectivity index (χ3v) is 13.4. The lowest BCUT2D eigenvalue weighted by Gasteiger charge is -2.33. The number of carbonyl (C=O) groups is 1. The number of halogens is 4. The first kappa shape index (κ1) is 40.8. The molecule has 2 aliphatic heterocycles. The standard InChI is InChI=1S/C43H53F3IN7O/c1-5-10-36-38(28-47-30-52(4)21-24-53-22-19-51(3)20-23-53)41(36)31(2)50-39-14-13-35(54-17-7-6-8-18-54)27-37(39)40-26-33(15-16-48-40)42(55)49-29-32-11-9-12-34(25-32)43(44,45)46/h5,9-16,25-28,38,41,50H,1-2,6-8,17-24,29-30H2,3-4H3,(H,49,55)/b36-10+. The van der Waals surface area contributed by atoms with Gasteiger partial charge in [-0.1, -0.05) is 43.0 Å². The summed E-state index contributed by atoms with van der Waals surface area (Å²) < 4.78 is 43.4. The molecule has 2 atom stereocenters. The molecule has 0 bridgehead atoms. The number of likely N-dealkylation sites (N-methyl/N-ethyl adjacent to an activating group) is 2. The molecule has 2 N–H and O–H groups in total. The van der Waals surface area contributed by atoms with Gasteiger partial charge in [0.2, 0.25) is 0 Å². The quantitative estimate of drug-likeness (QED) is 0.0917. The number of anilines is 2. The van der Waals surface area contributed by atoms with E-state index in [9.17, 15) is 18.0 Å². The van der Waals surface area contributed by atoms with Gasteiger partial charge in [0.1, 0.15) is 0 Å². The molecule has 0 radical (unpaired) electrons. The van der Waals surface area contributed by atoms with Gasteiger partial charge in [0.15, 0.2) is 0 Å². The van der Waals surface area contributed by atoms with Gasteiger partial charge in [-0.3, -0.25) is 19.6 Å². The zero-order valence-electron chi connectivity index (χ0n) is 31.9. The second kappa shape index (κ2) is 18.9. The Kier molecular flexibility index (Phi) is 14.0. The topological polar surface area (TPSA) is 67.0 Å². The van der Waals surface area contributed by atoms with Crippen molar-refractivity contribution < 1.29 is 18.0 Å². The fourth-order valence-corrected chi connectivity index (χ4v) is 9.85. The van der Waals surface area contributed by atoms with Crippen LogP contribution < -0.4 is 15.5 Å². The highest BCUT2D eigenvalue weighted by molar-refractivity contribution is 14.2. The van der Waals surface area contributed by atoms with Crippen LogP contribution in [0.4, 0.5) is 24.5 Å². The average molecular weight is 868 g/mol. The lowest BCUT2D eigenvalue weighted by molar-refractivity contribution is -0.137. The van der Waals surface area contributed by atoms with Crippen LogP contribution in [0.5, 0.6) is 0 Å². The Bertz CT molecular complexity index is 1880. The second-order valence-corrected chi connectivity index (χ2v) is 17.1. The lowest BCUT2D eigenvalue weighted by Crippen LogP contribution is -2.46. The van der Waals surface area contributed by atoms with Crippen molar-refractivity contribution >= 4 is 42.0 Å². The molecule has 1 saturated carbocycles. The number of piperidine rings is 1. The van der Waals surface area contributed by atoms with Crippen molar-refractivity contribution in [2.24, 2.45) is 11.8 Å². The number of carbonyl (C=O) groups excluding carboxylic acids is 1. The number of nitrogens with one attached hydrogen (secondary N) is 2. The normalized spacial score (nSPS) is 20.4. The van der Waals surface area contributed by atoms with E-state index in [-0.39, 0.29) is 33.2 Å². The zero-order valence-corrected chi connectivity index (χ0v) is 34.1. The number of rotatable bonds is 15. The number of hydrogen-bond acceptors (Lipinski definition) is 7. The van der Waals surface area contributed by atoms with E-state index in [4.69, 9.17) is 4.98 Å². The molecule has 12 heteroatoms. The predicted molar refractivity (Wildman–Crippen MR) is 228 cm³/mol. The van der Waals surface area contributed by atoms with Crippen molar-refractivity contribution in [3.8, 4) is 11.3 Å². The SMILES string of the molecule is C=C/C=C1\C(C=ICN(C)CCN2CCN(C)CC2)C1C(=C)Nc1ccc(N2CCCCC2)cc1-c1cc(C(=O)NCc2cccc(C(F)(F)F)c2)ccn1. The molecular formula is C43H53F3IN7O. The number of hydrogen-bond donors (Lipinski definition) is 2. The maximum Gasteiger partial charge on any atom is 0.416 e. The molecule has 55 heavy (non-hydrogen) atoms. The molecule has 294 valence electrons. The third kappa shape index (κ3) is 11.1. The minimum absolute atomic E-state index is 0.0349. The smallest absolute Gasteiger partial charge is 0.372 e. The van der Waals surface area contributed by atoms with E-state index >= 15 is 0 Å². The number of benzene rings is 2. The molecule has 3 heterocycles. The number of allylic oxidation sites excluding steroid dienone is 3. The molecule has 2 aromatic carbocycles. The molecule has 3 fully saturated rings. The van der Waals surface area contributed by atoms with Crippen LogP contribution in [0.3, 0.4) is 0 Å². The maximum atomic E-state index is 13.3. The highest BCUT2D eigenvalue weighted by Gasteiger charge is 2.44. The molecule has 3 aliphatic rings. The summed E-state index contributed by atoms with van der Waals surface area (Å²) in [5.41, 5.74) is 5.63. The van der Waals surface area contributed by atoms with Gasteiger partial charge in [-0.05, 0) is 85.4 Å². The minimum Gasteiger partial charge on any atom is -0.372 e. The summed E-state index contributed by atoms with van der Waals surface area (Å²) in [4.78, 5) is 27.8. The van der Waals surface area contributed by atoms with Crippen molar-refractivity contribution in [2.75, 3.05) is 81.2 Å². The van der Waals surface area contributed by atoms with Crippen LogP contribution in [0.2, 0.25) is 0 Å². The summed E-state index contributed by atoms with van der Waals surface area (Å²) in [6.45, 7) is 17.2. The molecular weight excluding hydrogens is 814 g/mol. The first-order valence-corrected chi connectivity index (χ1v) is 21.9. The van der Waals surface area contributed by atoms with E-state index in [0.29, 0.717) is 22.7 Å². The van der Waals surface area contributed by atoms with Crippen molar-refractivity contribution in [3.05, 3.63) is 114 Å². The number of amides is 1. The van der Waals surface area contributed by atoms with Crippen LogP contribution in [-0.4, -0.2) is 101 Å². The number of piperazine rings is 1. The summed E-state index contributed by atoms with van der Waals surface area (Å²) in [6.07, 6.45) is 4.61. The summed E-state index contributed by atoms with van der Waals surface area (Å²) in [7, 11) is 4.42. The van der Waals surface area contributed by atoms with Crippen molar-refractivity contribution in [1.29, 1.82) is 0 Å². The van der Waals surface area contributed by atoms with Crippen LogP contribution >= 0.6 is 20.7 Å². The Hall–Kier alpha value is -3.85. The Morgan fingerprint density at radius 3 is 2.56 bits per heavy atom. The molecule has 2 unspecified atom stereocenters. The summed E-state index contributed by atoms with van der Waals surface area (Å²) in [5, 5.41) is 6.42. The maximum absolute atomic E-state index is 13.3. The molecule has 1 aromatic heterocycles. The van der Waals surface area contributed by atoms with Gasteiger partial charge < -0.3 is 20.4 Å². The van der Waals surface area contributed by atoms with Crippen molar-refractivity contribution in [2.45, 2.75) is 32.0 Å². The molecule has 1 aliphatic carbocycles. The van der Waals surface area contributed by atoms with Gasteiger partial charge in [0, 0.05) is 110 Å². The molecule has 0 spiro atoms. The Balaban J connectivity index is 1.15. The predicted octanol–water partition coefficient (Wildman–Crippen LogP) is 7.88. The summed E-state index contributed by atoms with van der Waals surface area (Å²) in [6, 6.07) is 14.7. The van der Waals surface area contributed by atoms with Crippen LogP contribution in [-0.2, 0) is 12.7 Å². The molecule has 2 saturated heterocycles. The van der Waals surface area contributed by atoms with Crippen LogP contribution in [0.25, 0.3) is 11.3 Å². The number of nitrogens with zero attached hydrogens (tertiary/aromatic N) is 5. The first-order chi connectivity index (χ1) is 26.5. The van der Waals surface area contributed by atoms with E-state index in [1.54, 1.807) is 24.4 Å². The largest absolute Gasteiger partial charge is 0.416 e. The summed E-state index contributed by atoms with van der Waals surface area (Å²) >= 11 is -0.148. The van der Waals surface area contributed by atoms with E-state index in [1.165, 1.54) is 18.1 Å².